The molecular weight excluding hydrogens is 370 g/mol. The lowest BCUT2D eigenvalue weighted by molar-refractivity contribution is 0.0769. The Balaban J connectivity index is 1.76. The number of aryl methyl sites for hydroxylation is 1. The van der Waals surface area contributed by atoms with Crippen LogP contribution in [0.2, 0.25) is 0 Å². The number of benzene rings is 1. The third-order valence-electron chi connectivity index (χ3n) is 3.76. The van der Waals surface area contributed by atoms with Gasteiger partial charge in [0.05, 0.1) is 18.3 Å². The minimum absolute atomic E-state index is 0.125. The molecule has 0 N–H and O–H groups in total. The van der Waals surface area contributed by atoms with Crippen LogP contribution < -0.4 is 4.74 Å². The Morgan fingerprint density at radius 3 is 2.68 bits per heavy atom. The number of aromatic nitrogens is 2. The Hall–Kier alpha value is -1.12. The average Bonchev–Trinajstić information content (AvgIpc) is 2.77. The summed E-state index contributed by atoms with van der Waals surface area (Å²) in [6.45, 7) is 4.17. The number of halogens is 1. The minimum Gasteiger partial charge on any atom is -0.485 e. The predicted molar refractivity (Wildman–Crippen MR) is 88.5 cm³/mol. The van der Waals surface area contributed by atoms with Gasteiger partial charge in [-0.3, -0.25) is 4.68 Å². The molecule has 1 aliphatic heterocycles. The lowest BCUT2D eigenvalue weighted by Crippen LogP contribution is -2.57. The van der Waals surface area contributed by atoms with Crippen LogP contribution in [0.3, 0.4) is 0 Å². The highest BCUT2D eigenvalue weighted by Crippen LogP contribution is 2.32. The average molecular weight is 388 g/mol. The Morgan fingerprint density at radius 2 is 2.05 bits per heavy atom. The van der Waals surface area contributed by atoms with Crippen LogP contribution in [0.15, 0.2) is 22.8 Å². The fourth-order valence-electron chi connectivity index (χ4n) is 2.42. The van der Waals surface area contributed by atoms with Crippen molar-refractivity contribution < 1.29 is 13.2 Å². The molecule has 1 aromatic heterocycles. The van der Waals surface area contributed by atoms with Gasteiger partial charge in [-0.05, 0) is 26.0 Å². The summed E-state index contributed by atoms with van der Waals surface area (Å²) in [6, 6.07) is 3.78. The van der Waals surface area contributed by atoms with Gasteiger partial charge in [0, 0.05) is 23.1 Å². The quantitative estimate of drug-likeness (QED) is 0.805. The predicted octanol–water partition coefficient (Wildman–Crippen LogP) is 2.14. The number of rotatable bonds is 4. The van der Waals surface area contributed by atoms with Gasteiger partial charge in [0.1, 0.15) is 17.4 Å². The van der Waals surface area contributed by atoms with Crippen LogP contribution in [-0.2, 0) is 17.1 Å². The summed E-state index contributed by atoms with van der Waals surface area (Å²) in [6.07, 6.45) is 1.79. The van der Waals surface area contributed by atoms with E-state index >= 15 is 0 Å². The Morgan fingerprint density at radius 1 is 1.36 bits per heavy atom. The first-order valence-electron chi connectivity index (χ1n) is 7.06. The van der Waals surface area contributed by atoms with Gasteiger partial charge in [0.25, 0.3) is 0 Å². The molecule has 0 spiro atoms. The zero-order valence-electron chi connectivity index (χ0n) is 12.7. The summed E-state index contributed by atoms with van der Waals surface area (Å²) in [5.41, 5.74) is 0.780. The van der Waals surface area contributed by atoms with Crippen LogP contribution in [0, 0.1) is 0 Å². The molecule has 1 saturated heterocycles. The number of fused-ring (bicyclic) bond motifs is 1. The second-order valence-electron chi connectivity index (χ2n) is 5.76. The summed E-state index contributed by atoms with van der Waals surface area (Å²) in [7, 11) is -1.33. The molecule has 6 nitrogen and oxygen atoms in total. The van der Waals surface area contributed by atoms with Gasteiger partial charge in [0.2, 0.25) is 10.0 Å². The Labute approximate surface area is 138 Å². The van der Waals surface area contributed by atoms with E-state index in [9.17, 15) is 8.42 Å². The van der Waals surface area contributed by atoms with E-state index in [1.165, 1.54) is 4.31 Å². The summed E-state index contributed by atoms with van der Waals surface area (Å²) >= 11 is 3.50. The smallest absolute Gasteiger partial charge is 0.216 e. The van der Waals surface area contributed by atoms with Crippen molar-refractivity contribution in [3.8, 4) is 5.75 Å². The number of hydrogen-bond acceptors (Lipinski definition) is 4. The molecule has 0 unspecified atom stereocenters. The van der Waals surface area contributed by atoms with Crippen LogP contribution in [0.4, 0.5) is 0 Å². The van der Waals surface area contributed by atoms with Gasteiger partial charge in [-0.1, -0.05) is 15.9 Å². The topological polar surface area (TPSA) is 64.4 Å². The number of sulfonamides is 1. The van der Waals surface area contributed by atoms with Gasteiger partial charge in [-0.15, -0.1) is 0 Å². The monoisotopic (exact) mass is 387 g/mol. The van der Waals surface area contributed by atoms with E-state index in [4.69, 9.17) is 4.74 Å². The maximum Gasteiger partial charge on any atom is 0.216 e. The van der Waals surface area contributed by atoms with Crippen molar-refractivity contribution in [2.45, 2.75) is 25.2 Å². The molecule has 0 aliphatic carbocycles. The molecule has 2 heterocycles. The first kappa shape index (κ1) is 15.8. The Kier molecular flexibility index (Phi) is 3.94. The van der Waals surface area contributed by atoms with E-state index in [0.717, 1.165) is 15.4 Å². The molecule has 1 aromatic carbocycles. The third-order valence-corrected chi connectivity index (χ3v) is 6.67. The lowest BCUT2D eigenvalue weighted by Gasteiger charge is -2.38. The van der Waals surface area contributed by atoms with Crippen molar-refractivity contribution in [2.24, 2.45) is 7.05 Å². The van der Waals surface area contributed by atoms with E-state index in [0.29, 0.717) is 18.8 Å². The normalized spacial score (nSPS) is 17.1. The van der Waals surface area contributed by atoms with E-state index in [2.05, 4.69) is 21.0 Å². The van der Waals surface area contributed by atoms with E-state index in [-0.39, 0.29) is 6.10 Å². The second-order valence-corrected chi connectivity index (χ2v) is 9.10. The molecule has 2 aromatic rings. The fraction of sp³-hybridized carbons (Fsp3) is 0.500. The first-order chi connectivity index (χ1) is 10.3. The standard InChI is InChI=1S/C14H18BrN3O3S/c1-9(2)22(19,20)18-6-10(7-18)21-13-5-4-12(15)11-8-17(3)16-14(11)13/h4-5,8-10H,6-7H2,1-3H3. The van der Waals surface area contributed by atoms with Gasteiger partial charge in [0.15, 0.2) is 0 Å². The summed E-state index contributed by atoms with van der Waals surface area (Å²) in [4.78, 5) is 0. The van der Waals surface area contributed by atoms with Crippen LogP contribution in [0.5, 0.6) is 5.75 Å². The van der Waals surface area contributed by atoms with E-state index in [1.807, 2.05) is 25.4 Å². The van der Waals surface area contributed by atoms with Gasteiger partial charge < -0.3 is 4.74 Å². The van der Waals surface area contributed by atoms with Gasteiger partial charge >= 0.3 is 0 Å². The number of nitrogens with zero attached hydrogens (tertiary/aromatic N) is 3. The third kappa shape index (κ3) is 2.63. The van der Waals surface area contributed by atoms with Crippen molar-refractivity contribution in [3.63, 3.8) is 0 Å². The van der Waals surface area contributed by atoms with Crippen LogP contribution >= 0.6 is 15.9 Å². The lowest BCUT2D eigenvalue weighted by atomic mass is 10.2. The van der Waals surface area contributed by atoms with E-state index in [1.54, 1.807) is 18.5 Å². The molecule has 22 heavy (non-hydrogen) atoms. The largest absolute Gasteiger partial charge is 0.485 e. The second kappa shape index (κ2) is 5.50. The highest BCUT2D eigenvalue weighted by atomic mass is 79.9. The molecule has 120 valence electrons. The highest BCUT2D eigenvalue weighted by Gasteiger charge is 2.38. The van der Waals surface area contributed by atoms with Crippen molar-refractivity contribution in [3.05, 3.63) is 22.8 Å². The molecule has 0 saturated carbocycles. The SMILES string of the molecule is CC(C)S(=O)(=O)N1CC(Oc2ccc(Br)c3cn(C)nc23)C1. The highest BCUT2D eigenvalue weighted by molar-refractivity contribution is 9.10. The molecule has 0 amide bonds. The van der Waals surface area contributed by atoms with Gasteiger partial charge in [-0.25, -0.2) is 8.42 Å². The molecule has 0 radical (unpaired) electrons. The fourth-order valence-corrected chi connectivity index (χ4v) is 4.19. The van der Waals surface area contributed by atoms with E-state index < -0.39 is 15.3 Å². The molecule has 8 heteroatoms. The van der Waals surface area contributed by atoms with Crippen molar-refractivity contribution >= 4 is 36.9 Å². The maximum atomic E-state index is 12.0. The molecule has 0 bridgehead atoms. The van der Waals surface area contributed by atoms with Crippen molar-refractivity contribution in [2.75, 3.05) is 13.1 Å². The van der Waals surface area contributed by atoms with Gasteiger partial charge in [-0.2, -0.15) is 9.40 Å². The number of hydrogen-bond donors (Lipinski definition) is 0. The molecule has 1 aliphatic rings. The van der Waals surface area contributed by atoms with Crippen LogP contribution in [0.25, 0.3) is 10.9 Å². The molecule has 3 rings (SSSR count). The minimum atomic E-state index is -3.18. The molecule has 1 fully saturated rings. The van der Waals surface area contributed by atoms with Crippen molar-refractivity contribution in [1.82, 2.24) is 14.1 Å². The Bertz CT molecular complexity index is 810. The summed E-state index contributed by atoms with van der Waals surface area (Å²) < 4.78 is 34.1. The summed E-state index contributed by atoms with van der Waals surface area (Å²) in [5.74, 6) is 0.686. The first-order valence-corrected chi connectivity index (χ1v) is 9.36. The number of ether oxygens (including phenoxy) is 1. The van der Waals surface area contributed by atoms with Crippen molar-refractivity contribution in [1.29, 1.82) is 0 Å². The maximum absolute atomic E-state index is 12.0. The zero-order valence-corrected chi connectivity index (χ0v) is 15.1. The summed E-state index contributed by atoms with van der Waals surface area (Å²) in [5, 5.41) is 4.99. The molecule has 0 atom stereocenters. The molecular formula is C14H18BrN3O3S. The zero-order chi connectivity index (χ0) is 16.1. The van der Waals surface area contributed by atoms with Crippen LogP contribution in [-0.4, -0.2) is 46.9 Å². The van der Waals surface area contributed by atoms with Crippen LogP contribution in [0.1, 0.15) is 13.8 Å².